The van der Waals surface area contributed by atoms with E-state index in [4.69, 9.17) is 11.6 Å². The fourth-order valence-electron chi connectivity index (χ4n) is 2.97. The van der Waals surface area contributed by atoms with Gasteiger partial charge >= 0.3 is 0 Å². The minimum atomic E-state index is 0.120. The van der Waals surface area contributed by atoms with Gasteiger partial charge in [-0.15, -0.1) is 11.6 Å². The molecule has 1 heterocycles. The highest BCUT2D eigenvalue weighted by Crippen LogP contribution is 2.37. The van der Waals surface area contributed by atoms with Crippen LogP contribution in [0.5, 0.6) is 0 Å². The quantitative estimate of drug-likeness (QED) is 0.775. The number of carbonyl (C=O) groups excluding carboxylic acids is 1. The Kier molecular flexibility index (Phi) is 4.26. The van der Waals surface area contributed by atoms with Crippen LogP contribution in [0.4, 0.5) is 5.69 Å². The molecular formula is C18H18ClNO. The molecule has 0 unspecified atom stereocenters. The van der Waals surface area contributed by atoms with Crippen LogP contribution in [-0.2, 0) is 11.2 Å². The molecule has 108 valence electrons. The van der Waals surface area contributed by atoms with Gasteiger partial charge in [-0.1, -0.05) is 48.5 Å². The van der Waals surface area contributed by atoms with Gasteiger partial charge in [0, 0.05) is 24.4 Å². The molecule has 0 saturated heterocycles. The molecule has 2 aromatic carbocycles. The molecule has 2 aromatic rings. The van der Waals surface area contributed by atoms with Crippen molar-refractivity contribution in [2.24, 2.45) is 0 Å². The number of hydrogen-bond donors (Lipinski definition) is 0. The van der Waals surface area contributed by atoms with Gasteiger partial charge in [-0.25, -0.2) is 0 Å². The van der Waals surface area contributed by atoms with Crippen LogP contribution in [0.2, 0.25) is 0 Å². The smallest absolute Gasteiger partial charge is 0.228 e. The molecule has 0 N–H and O–H groups in total. The second kappa shape index (κ2) is 6.31. The zero-order chi connectivity index (χ0) is 14.7. The van der Waals surface area contributed by atoms with Gasteiger partial charge in [0.05, 0.1) is 5.69 Å². The summed E-state index contributed by atoms with van der Waals surface area (Å²) in [5.74, 6) is 0.493. The standard InChI is InChI=1S/C18H18ClNO/c19-12-11-17(21)20-13-5-9-15-8-4-10-16(18(15)20)14-6-2-1-3-7-14/h1-4,6-8,10H,5,9,11-13H2. The summed E-state index contributed by atoms with van der Waals surface area (Å²) >= 11 is 5.75. The summed E-state index contributed by atoms with van der Waals surface area (Å²) in [5, 5.41) is 0. The fraction of sp³-hybridized carbons (Fsp3) is 0.278. The van der Waals surface area contributed by atoms with E-state index in [9.17, 15) is 4.79 Å². The zero-order valence-electron chi connectivity index (χ0n) is 11.9. The zero-order valence-corrected chi connectivity index (χ0v) is 12.6. The van der Waals surface area contributed by atoms with Crippen molar-refractivity contribution >= 4 is 23.2 Å². The van der Waals surface area contributed by atoms with E-state index in [1.165, 1.54) is 5.56 Å². The molecule has 1 amide bonds. The number of alkyl halides is 1. The second-order valence-electron chi connectivity index (χ2n) is 5.27. The van der Waals surface area contributed by atoms with Gasteiger partial charge in [0.1, 0.15) is 0 Å². The van der Waals surface area contributed by atoms with Crippen LogP contribution in [0.25, 0.3) is 11.1 Å². The maximum absolute atomic E-state index is 12.4. The molecule has 0 saturated carbocycles. The molecule has 0 aliphatic carbocycles. The van der Waals surface area contributed by atoms with Crippen LogP contribution in [0.3, 0.4) is 0 Å². The third-order valence-corrected chi connectivity index (χ3v) is 4.10. The van der Waals surface area contributed by atoms with Crippen LogP contribution in [-0.4, -0.2) is 18.3 Å². The first-order valence-corrected chi connectivity index (χ1v) is 7.88. The number of para-hydroxylation sites is 1. The SMILES string of the molecule is O=C(CCCl)N1CCCc2cccc(-c3ccccc3)c21. The average molecular weight is 300 g/mol. The molecule has 2 nitrogen and oxygen atoms in total. The minimum Gasteiger partial charge on any atom is -0.311 e. The number of nitrogens with zero attached hydrogens (tertiary/aromatic N) is 1. The van der Waals surface area contributed by atoms with Crippen molar-refractivity contribution in [1.29, 1.82) is 0 Å². The van der Waals surface area contributed by atoms with E-state index < -0.39 is 0 Å². The molecule has 1 aliphatic rings. The maximum atomic E-state index is 12.4. The first-order chi connectivity index (χ1) is 10.3. The lowest BCUT2D eigenvalue weighted by Gasteiger charge is -2.31. The molecule has 1 aliphatic heterocycles. The molecular weight excluding hydrogens is 282 g/mol. The highest BCUT2D eigenvalue weighted by molar-refractivity contribution is 6.19. The summed E-state index contributed by atoms with van der Waals surface area (Å²) < 4.78 is 0. The Balaban J connectivity index is 2.10. The number of anilines is 1. The first-order valence-electron chi connectivity index (χ1n) is 7.35. The monoisotopic (exact) mass is 299 g/mol. The fourth-order valence-corrected chi connectivity index (χ4v) is 3.13. The predicted octanol–water partition coefficient (Wildman–Crippen LogP) is 4.26. The molecule has 0 fully saturated rings. The molecule has 0 atom stereocenters. The number of carbonyl (C=O) groups is 1. The summed E-state index contributed by atoms with van der Waals surface area (Å²) in [7, 11) is 0. The second-order valence-corrected chi connectivity index (χ2v) is 5.65. The van der Waals surface area contributed by atoms with Crippen molar-refractivity contribution in [3.8, 4) is 11.1 Å². The summed E-state index contributed by atoms with van der Waals surface area (Å²) in [6.45, 7) is 0.784. The lowest BCUT2D eigenvalue weighted by atomic mass is 9.93. The first kappa shape index (κ1) is 14.2. The average Bonchev–Trinajstić information content (AvgIpc) is 2.55. The lowest BCUT2D eigenvalue weighted by molar-refractivity contribution is -0.118. The van der Waals surface area contributed by atoms with Crippen molar-refractivity contribution in [3.63, 3.8) is 0 Å². The van der Waals surface area contributed by atoms with E-state index in [1.54, 1.807) is 0 Å². The molecule has 3 heteroatoms. The summed E-state index contributed by atoms with van der Waals surface area (Å²) in [6.07, 6.45) is 2.43. The highest BCUT2D eigenvalue weighted by atomic mass is 35.5. The van der Waals surface area contributed by atoms with Crippen molar-refractivity contribution in [2.45, 2.75) is 19.3 Å². The molecule has 3 rings (SSSR count). The molecule has 0 spiro atoms. The van der Waals surface area contributed by atoms with Gasteiger partial charge in [-0.05, 0) is 24.0 Å². The Morgan fingerprint density at radius 1 is 1.10 bits per heavy atom. The van der Waals surface area contributed by atoms with Crippen molar-refractivity contribution in [3.05, 3.63) is 54.1 Å². The number of amides is 1. The van der Waals surface area contributed by atoms with Gasteiger partial charge in [-0.3, -0.25) is 4.79 Å². The number of benzene rings is 2. The van der Waals surface area contributed by atoms with Gasteiger partial charge in [0.2, 0.25) is 5.91 Å². The minimum absolute atomic E-state index is 0.120. The molecule has 21 heavy (non-hydrogen) atoms. The van der Waals surface area contributed by atoms with E-state index in [0.717, 1.165) is 36.2 Å². The molecule has 0 radical (unpaired) electrons. The van der Waals surface area contributed by atoms with Crippen molar-refractivity contribution in [2.75, 3.05) is 17.3 Å². The van der Waals surface area contributed by atoms with Gasteiger partial charge in [0.15, 0.2) is 0 Å². The van der Waals surface area contributed by atoms with Crippen LogP contribution in [0, 0.1) is 0 Å². The van der Waals surface area contributed by atoms with Gasteiger partial charge in [0.25, 0.3) is 0 Å². The van der Waals surface area contributed by atoms with Crippen molar-refractivity contribution < 1.29 is 4.79 Å². The van der Waals surface area contributed by atoms with Crippen LogP contribution >= 0.6 is 11.6 Å². The van der Waals surface area contributed by atoms with Gasteiger partial charge in [-0.2, -0.15) is 0 Å². The topological polar surface area (TPSA) is 20.3 Å². The third kappa shape index (κ3) is 2.81. The summed E-state index contributed by atoms with van der Waals surface area (Å²) in [4.78, 5) is 14.3. The van der Waals surface area contributed by atoms with Gasteiger partial charge < -0.3 is 4.90 Å². The highest BCUT2D eigenvalue weighted by Gasteiger charge is 2.25. The third-order valence-electron chi connectivity index (χ3n) is 3.91. The molecule has 0 aromatic heterocycles. The summed E-state index contributed by atoms with van der Waals surface area (Å²) in [5.41, 5.74) is 4.62. The number of aryl methyl sites for hydroxylation is 1. The van der Waals surface area contributed by atoms with E-state index in [1.807, 2.05) is 23.1 Å². The Hall–Kier alpha value is -1.80. The molecule has 0 bridgehead atoms. The Morgan fingerprint density at radius 2 is 1.90 bits per heavy atom. The maximum Gasteiger partial charge on any atom is 0.228 e. The number of halogens is 1. The van der Waals surface area contributed by atoms with Crippen LogP contribution in [0.15, 0.2) is 48.5 Å². The number of hydrogen-bond acceptors (Lipinski definition) is 1. The van der Waals surface area contributed by atoms with E-state index in [2.05, 4.69) is 30.3 Å². The number of fused-ring (bicyclic) bond motifs is 1. The predicted molar refractivity (Wildman–Crippen MR) is 87.9 cm³/mol. The summed E-state index contributed by atoms with van der Waals surface area (Å²) in [6, 6.07) is 16.6. The Labute approximate surface area is 130 Å². The normalized spacial score (nSPS) is 13.9. The Morgan fingerprint density at radius 3 is 2.67 bits per heavy atom. The largest absolute Gasteiger partial charge is 0.311 e. The number of rotatable bonds is 3. The Bertz CT molecular complexity index is 639. The lowest BCUT2D eigenvalue weighted by Crippen LogP contribution is -2.36. The van der Waals surface area contributed by atoms with Crippen molar-refractivity contribution in [1.82, 2.24) is 0 Å². The van der Waals surface area contributed by atoms with E-state index >= 15 is 0 Å². The van der Waals surface area contributed by atoms with Crippen LogP contribution < -0.4 is 4.90 Å². The van der Waals surface area contributed by atoms with Crippen LogP contribution in [0.1, 0.15) is 18.4 Å². The van der Waals surface area contributed by atoms with E-state index in [-0.39, 0.29) is 5.91 Å². The van der Waals surface area contributed by atoms with E-state index in [0.29, 0.717) is 12.3 Å².